The van der Waals surface area contributed by atoms with Gasteiger partial charge in [0, 0.05) is 32.0 Å². The van der Waals surface area contributed by atoms with Crippen molar-refractivity contribution >= 4 is 17.1 Å². The van der Waals surface area contributed by atoms with Gasteiger partial charge in [0.2, 0.25) is 5.69 Å². The number of hydrogen-bond acceptors (Lipinski definition) is 12. The topological polar surface area (TPSA) is 163 Å². The van der Waals surface area contributed by atoms with Crippen molar-refractivity contribution in [1.29, 1.82) is 5.26 Å². The number of nitrogens with zero attached hydrogens (tertiary/aromatic N) is 2. The second kappa shape index (κ2) is 20.0. The Morgan fingerprint density at radius 2 is 1.00 bits per heavy atom. The van der Waals surface area contributed by atoms with Crippen LogP contribution in [0.15, 0.2) is 24.3 Å². The van der Waals surface area contributed by atoms with Gasteiger partial charge in [-0.25, -0.2) is 4.85 Å². The van der Waals surface area contributed by atoms with E-state index >= 15 is 0 Å². The van der Waals surface area contributed by atoms with Crippen LogP contribution in [0.25, 0.3) is 4.85 Å². The molecular weight excluding hydrogens is 536 g/mol. The molecule has 0 heterocycles. The highest BCUT2D eigenvalue weighted by atomic mass is 16.6. The standard InChI is InChI=1S/C28H38N4O9/c1-32-24-19-28(27(18-23(24)31)39-13-5-34-3)41-15-11-37-9-7-35-6-8-36-10-14-40-25-16-21(20-29)22(30)17-26(25)38-12-4-33-2/h16-19H,4-15,30-31H2,2-3H3. The van der Waals surface area contributed by atoms with Crippen LogP contribution < -0.4 is 30.4 Å². The van der Waals surface area contributed by atoms with Crippen LogP contribution in [0.5, 0.6) is 23.0 Å². The Labute approximate surface area is 240 Å². The van der Waals surface area contributed by atoms with E-state index in [2.05, 4.69) is 4.85 Å². The number of ether oxygens (including phenoxy) is 9. The zero-order chi connectivity index (χ0) is 29.7. The van der Waals surface area contributed by atoms with Crippen molar-refractivity contribution in [2.45, 2.75) is 0 Å². The molecular formula is C28H38N4O9. The van der Waals surface area contributed by atoms with Gasteiger partial charge in [-0.2, -0.15) is 5.26 Å². The molecule has 13 nitrogen and oxygen atoms in total. The minimum Gasteiger partial charge on any atom is -0.489 e. The zero-order valence-corrected chi connectivity index (χ0v) is 23.5. The molecule has 4 N–H and O–H groups in total. The average Bonchev–Trinajstić information content (AvgIpc) is 2.97. The number of nitrogens with two attached hydrogens (primary N) is 2. The zero-order valence-electron chi connectivity index (χ0n) is 23.5. The molecule has 2 aromatic rings. The van der Waals surface area contributed by atoms with E-state index in [1.807, 2.05) is 6.07 Å². The molecule has 0 atom stereocenters. The molecule has 0 fully saturated rings. The lowest BCUT2D eigenvalue weighted by atomic mass is 10.2. The second-order valence-corrected chi connectivity index (χ2v) is 8.18. The Kier molecular flexibility index (Phi) is 16.2. The van der Waals surface area contributed by atoms with E-state index in [1.165, 1.54) is 0 Å². The fourth-order valence-electron chi connectivity index (χ4n) is 3.22. The summed E-state index contributed by atoms with van der Waals surface area (Å²) < 4.78 is 49.3. The summed E-state index contributed by atoms with van der Waals surface area (Å²) in [4.78, 5) is 3.39. The van der Waals surface area contributed by atoms with Crippen LogP contribution in [0.1, 0.15) is 5.56 Å². The van der Waals surface area contributed by atoms with Gasteiger partial charge in [0.15, 0.2) is 23.0 Å². The molecule has 0 saturated carbocycles. The van der Waals surface area contributed by atoms with Gasteiger partial charge in [-0.05, 0) is 12.1 Å². The van der Waals surface area contributed by atoms with E-state index in [0.29, 0.717) is 106 Å². The predicted molar refractivity (Wildman–Crippen MR) is 151 cm³/mol. The van der Waals surface area contributed by atoms with E-state index in [0.717, 1.165) is 0 Å². The molecule has 0 aliphatic rings. The Hall–Kier alpha value is -3.98. The van der Waals surface area contributed by atoms with Crippen molar-refractivity contribution in [3.63, 3.8) is 0 Å². The average molecular weight is 575 g/mol. The van der Waals surface area contributed by atoms with Crippen LogP contribution in [0.2, 0.25) is 0 Å². The number of benzene rings is 2. The first-order valence-corrected chi connectivity index (χ1v) is 12.9. The van der Waals surface area contributed by atoms with Gasteiger partial charge in [-0.3, -0.25) is 0 Å². The van der Waals surface area contributed by atoms with Gasteiger partial charge in [0.1, 0.15) is 32.5 Å². The Bertz CT molecular complexity index is 1050. The van der Waals surface area contributed by atoms with Crippen molar-refractivity contribution in [2.75, 3.05) is 105 Å². The van der Waals surface area contributed by atoms with Gasteiger partial charge in [0.25, 0.3) is 0 Å². The Morgan fingerprint density at radius 1 is 0.610 bits per heavy atom. The van der Waals surface area contributed by atoms with Crippen LogP contribution in [0.4, 0.5) is 17.1 Å². The first kappa shape index (κ1) is 33.2. The first-order chi connectivity index (χ1) is 20.0. The quantitative estimate of drug-likeness (QED) is 0.120. The summed E-state index contributed by atoms with van der Waals surface area (Å²) in [5.74, 6) is 1.70. The van der Waals surface area contributed by atoms with Crippen molar-refractivity contribution in [1.82, 2.24) is 0 Å². The van der Waals surface area contributed by atoms with Gasteiger partial charge in [-0.15, -0.1) is 0 Å². The van der Waals surface area contributed by atoms with Crippen molar-refractivity contribution in [3.05, 3.63) is 41.2 Å². The number of nitriles is 1. The third-order valence-electron chi connectivity index (χ3n) is 5.25. The molecule has 0 saturated heterocycles. The van der Waals surface area contributed by atoms with Crippen LogP contribution in [-0.4, -0.2) is 93.5 Å². The molecule has 0 aliphatic carbocycles. The lowest BCUT2D eigenvalue weighted by Gasteiger charge is -2.15. The van der Waals surface area contributed by atoms with Gasteiger partial charge < -0.3 is 54.1 Å². The summed E-state index contributed by atoms with van der Waals surface area (Å²) in [5, 5.41) is 9.22. The summed E-state index contributed by atoms with van der Waals surface area (Å²) >= 11 is 0. The highest BCUT2D eigenvalue weighted by molar-refractivity contribution is 5.72. The largest absolute Gasteiger partial charge is 0.489 e. The van der Waals surface area contributed by atoms with Crippen LogP contribution >= 0.6 is 0 Å². The Balaban J connectivity index is 1.57. The van der Waals surface area contributed by atoms with E-state index < -0.39 is 0 Å². The smallest absolute Gasteiger partial charge is 0.213 e. The van der Waals surface area contributed by atoms with Crippen LogP contribution in [0.3, 0.4) is 0 Å². The number of nitrogen functional groups attached to an aromatic ring is 2. The van der Waals surface area contributed by atoms with Gasteiger partial charge >= 0.3 is 0 Å². The lowest BCUT2D eigenvalue weighted by Crippen LogP contribution is -2.15. The molecule has 41 heavy (non-hydrogen) atoms. The number of methoxy groups -OCH3 is 2. The predicted octanol–water partition coefficient (Wildman–Crippen LogP) is 2.83. The third-order valence-corrected chi connectivity index (χ3v) is 5.25. The molecule has 224 valence electrons. The summed E-state index contributed by atoms with van der Waals surface area (Å²) in [5.41, 5.74) is 13.0. The fourth-order valence-corrected chi connectivity index (χ4v) is 3.22. The summed E-state index contributed by atoms with van der Waals surface area (Å²) in [6, 6.07) is 8.25. The normalized spacial score (nSPS) is 10.5. The maximum Gasteiger partial charge on any atom is 0.213 e. The monoisotopic (exact) mass is 574 g/mol. The van der Waals surface area contributed by atoms with Crippen LogP contribution in [-0.2, 0) is 23.7 Å². The van der Waals surface area contributed by atoms with Crippen molar-refractivity contribution in [3.8, 4) is 29.1 Å². The SMILES string of the molecule is [C-]#[N+]c1cc(OCCOCCOCCOCCOc2cc(C#N)c(N)cc2OCCOC)c(OCCOC)cc1N. The van der Waals surface area contributed by atoms with Crippen molar-refractivity contribution in [2.24, 2.45) is 0 Å². The van der Waals surface area contributed by atoms with Crippen LogP contribution in [0, 0.1) is 17.9 Å². The molecule has 2 rings (SSSR count). The van der Waals surface area contributed by atoms with Gasteiger partial charge in [0.05, 0.1) is 70.7 Å². The molecule has 0 spiro atoms. The maximum atomic E-state index is 9.22. The molecule has 0 aliphatic heterocycles. The maximum absolute atomic E-state index is 9.22. The molecule has 0 unspecified atom stereocenters. The first-order valence-electron chi connectivity index (χ1n) is 12.9. The highest BCUT2D eigenvalue weighted by Crippen LogP contribution is 2.37. The van der Waals surface area contributed by atoms with Crippen molar-refractivity contribution < 1.29 is 42.6 Å². The molecule has 0 amide bonds. The van der Waals surface area contributed by atoms with E-state index in [-0.39, 0.29) is 18.9 Å². The molecule has 0 radical (unpaired) electrons. The second-order valence-electron chi connectivity index (χ2n) is 8.18. The molecule has 0 aromatic heterocycles. The van der Waals surface area contributed by atoms with Gasteiger partial charge in [-0.1, -0.05) is 0 Å². The summed E-state index contributed by atoms with van der Waals surface area (Å²) in [6.07, 6.45) is 0. The van der Waals surface area contributed by atoms with E-state index in [9.17, 15) is 5.26 Å². The number of anilines is 2. The molecule has 0 bridgehead atoms. The number of hydrogen-bond donors (Lipinski definition) is 2. The molecule has 2 aromatic carbocycles. The van der Waals surface area contributed by atoms with E-state index in [1.54, 1.807) is 38.5 Å². The number of rotatable bonds is 22. The van der Waals surface area contributed by atoms with E-state index in [4.69, 9.17) is 60.7 Å². The minimum absolute atomic E-state index is 0.253. The highest BCUT2D eigenvalue weighted by Gasteiger charge is 2.12. The minimum atomic E-state index is 0.253. The fraction of sp³-hybridized carbons (Fsp3) is 0.500. The summed E-state index contributed by atoms with van der Waals surface area (Å²) in [7, 11) is 3.16. The Morgan fingerprint density at radius 3 is 1.44 bits per heavy atom. The molecule has 13 heteroatoms. The lowest BCUT2D eigenvalue weighted by molar-refractivity contribution is 0.00469. The third kappa shape index (κ3) is 12.4. The summed E-state index contributed by atoms with van der Waals surface area (Å²) in [6.45, 7) is 11.4.